The molecule has 0 atom stereocenters. The van der Waals surface area contributed by atoms with Gasteiger partial charge in [0.05, 0.1) is 22.1 Å². The molecule has 0 aliphatic carbocycles. The Morgan fingerprint density at radius 1 is 1.22 bits per heavy atom. The van der Waals surface area contributed by atoms with E-state index in [0.717, 1.165) is 6.20 Å². The van der Waals surface area contributed by atoms with E-state index in [0.29, 0.717) is 5.52 Å². The van der Waals surface area contributed by atoms with Crippen LogP contribution in [0.1, 0.15) is 0 Å². The fourth-order valence-electron chi connectivity index (χ4n) is 2.26. The molecule has 0 amide bonds. The van der Waals surface area contributed by atoms with Crippen LogP contribution in [0, 0.1) is 0 Å². The van der Waals surface area contributed by atoms with Gasteiger partial charge in [0.2, 0.25) is 10.0 Å². The van der Waals surface area contributed by atoms with Gasteiger partial charge in [0, 0.05) is 7.05 Å². The van der Waals surface area contributed by atoms with Gasteiger partial charge in [-0.2, -0.15) is 9.78 Å². The summed E-state index contributed by atoms with van der Waals surface area (Å²) < 4.78 is 62.9. The molecular weight excluding hydrogens is 335 g/mol. The van der Waals surface area contributed by atoms with Crippen molar-refractivity contribution < 1.29 is 21.6 Å². The third-order valence-corrected chi connectivity index (χ3v) is 4.20. The van der Waals surface area contributed by atoms with E-state index in [9.17, 15) is 21.6 Å². The number of hydrogen-bond acceptors (Lipinski definition) is 4. The normalized spacial score (nSPS) is 12.9. The lowest BCUT2D eigenvalue weighted by Crippen LogP contribution is -2.19. The number of halogens is 3. The molecular formula is C12H10F3N5O2S. The topological polar surface area (TPSA) is 95.8 Å². The van der Waals surface area contributed by atoms with Gasteiger partial charge in [-0.1, -0.05) is 0 Å². The van der Waals surface area contributed by atoms with Gasteiger partial charge in [-0.25, -0.2) is 18.5 Å². The first-order chi connectivity index (χ1) is 10.6. The van der Waals surface area contributed by atoms with Gasteiger partial charge in [-0.3, -0.25) is 0 Å². The zero-order valence-corrected chi connectivity index (χ0v) is 12.4. The van der Waals surface area contributed by atoms with Crippen LogP contribution in [0.15, 0.2) is 35.4 Å². The largest absolute Gasteiger partial charge is 0.505 e. The zero-order valence-electron chi connectivity index (χ0n) is 11.6. The van der Waals surface area contributed by atoms with Crippen molar-refractivity contribution in [3.8, 4) is 11.5 Å². The quantitative estimate of drug-likeness (QED) is 0.762. The van der Waals surface area contributed by atoms with E-state index in [4.69, 9.17) is 5.14 Å². The van der Waals surface area contributed by atoms with Gasteiger partial charge >= 0.3 is 6.30 Å². The molecule has 1 aromatic carbocycles. The minimum Gasteiger partial charge on any atom is -0.326 e. The lowest BCUT2D eigenvalue weighted by atomic mass is 10.3. The van der Waals surface area contributed by atoms with Gasteiger partial charge in [-0.05, 0) is 24.3 Å². The fraction of sp³-hybridized carbons (Fsp3) is 0.167. The summed E-state index contributed by atoms with van der Waals surface area (Å²) in [6, 6.07) is 5.09. The number of aryl methyl sites for hydroxylation is 1. The number of imidazole rings is 1. The van der Waals surface area contributed by atoms with Crippen molar-refractivity contribution in [1.82, 2.24) is 19.3 Å². The van der Waals surface area contributed by atoms with Crippen LogP contribution in [0.25, 0.3) is 22.6 Å². The van der Waals surface area contributed by atoms with E-state index in [1.807, 2.05) is 0 Å². The highest BCUT2D eigenvalue weighted by atomic mass is 32.2. The zero-order chi connectivity index (χ0) is 17.0. The molecule has 0 saturated heterocycles. The summed E-state index contributed by atoms with van der Waals surface area (Å²) >= 11 is 0. The summed E-state index contributed by atoms with van der Waals surface area (Å²) in [5, 5.41) is 8.30. The van der Waals surface area contributed by atoms with Gasteiger partial charge in [0.1, 0.15) is 5.69 Å². The summed E-state index contributed by atoms with van der Waals surface area (Å²) in [6.07, 6.45) is -3.68. The van der Waals surface area contributed by atoms with Crippen LogP contribution >= 0.6 is 0 Å². The van der Waals surface area contributed by atoms with Gasteiger partial charge in [0.15, 0.2) is 5.82 Å². The number of nitrogens with two attached hydrogens (primary N) is 1. The van der Waals surface area contributed by atoms with Crippen molar-refractivity contribution in [3.63, 3.8) is 0 Å². The standard InChI is InChI=1S/C12H10F3N5O2S/c1-19-9-3-2-7(23(16,21)22)6-8(9)18-11(19)10-4-5-17-20(10)12(13,14)15/h2-6H,1H3,(H2,16,21,22). The fourth-order valence-corrected chi connectivity index (χ4v) is 2.79. The van der Waals surface area contributed by atoms with Crippen LogP contribution in [-0.4, -0.2) is 27.7 Å². The first-order valence-electron chi connectivity index (χ1n) is 6.20. The number of nitrogens with zero attached hydrogens (tertiary/aromatic N) is 4. The number of alkyl halides is 3. The van der Waals surface area contributed by atoms with Gasteiger partial charge < -0.3 is 4.57 Å². The van der Waals surface area contributed by atoms with Crippen LogP contribution in [-0.2, 0) is 23.4 Å². The monoisotopic (exact) mass is 345 g/mol. The van der Waals surface area contributed by atoms with E-state index in [1.54, 1.807) is 0 Å². The Labute approximate surface area is 128 Å². The van der Waals surface area contributed by atoms with Crippen molar-refractivity contribution in [2.24, 2.45) is 12.2 Å². The second-order valence-electron chi connectivity index (χ2n) is 4.79. The molecule has 2 heterocycles. The lowest BCUT2D eigenvalue weighted by Gasteiger charge is -2.10. The maximum Gasteiger partial charge on any atom is 0.505 e. The molecule has 3 aromatic rings. The molecule has 2 N–H and O–H groups in total. The maximum atomic E-state index is 12.9. The Morgan fingerprint density at radius 3 is 2.52 bits per heavy atom. The maximum absolute atomic E-state index is 12.9. The third-order valence-electron chi connectivity index (χ3n) is 3.29. The number of sulfonamides is 1. The average Bonchev–Trinajstić information content (AvgIpc) is 3.02. The smallest absolute Gasteiger partial charge is 0.326 e. The Morgan fingerprint density at radius 2 is 1.91 bits per heavy atom. The lowest BCUT2D eigenvalue weighted by molar-refractivity contribution is -0.211. The molecule has 2 aromatic heterocycles. The van der Waals surface area contributed by atoms with Gasteiger partial charge in [0.25, 0.3) is 0 Å². The van der Waals surface area contributed by atoms with Gasteiger partial charge in [-0.15, -0.1) is 13.2 Å². The molecule has 0 saturated carbocycles. The minimum atomic E-state index is -4.69. The third kappa shape index (κ3) is 2.57. The molecule has 23 heavy (non-hydrogen) atoms. The first kappa shape index (κ1) is 15.5. The molecule has 0 aliphatic rings. The minimum absolute atomic E-state index is 0.00129. The van der Waals surface area contributed by atoms with E-state index >= 15 is 0 Å². The van der Waals surface area contributed by atoms with Crippen LogP contribution < -0.4 is 5.14 Å². The Hall–Kier alpha value is -2.40. The summed E-state index contributed by atoms with van der Waals surface area (Å²) in [4.78, 5) is 3.92. The van der Waals surface area contributed by atoms with Crippen molar-refractivity contribution in [2.45, 2.75) is 11.2 Å². The molecule has 3 rings (SSSR count). The van der Waals surface area contributed by atoms with Crippen molar-refractivity contribution in [2.75, 3.05) is 0 Å². The van der Waals surface area contributed by atoms with E-state index in [1.165, 1.54) is 35.9 Å². The second kappa shape index (κ2) is 4.80. The molecule has 0 bridgehead atoms. The number of rotatable bonds is 2. The molecule has 0 unspecified atom stereocenters. The summed E-state index contributed by atoms with van der Waals surface area (Å²) in [5.41, 5.74) is 0.416. The number of primary sulfonamides is 1. The van der Waals surface area contributed by atoms with E-state index in [-0.39, 0.29) is 26.6 Å². The molecule has 0 aliphatic heterocycles. The van der Waals surface area contributed by atoms with Crippen LogP contribution in [0.4, 0.5) is 13.2 Å². The van der Waals surface area contributed by atoms with Crippen molar-refractivity contribution in [3.05, 3.63) is 30.5 Å². The van der Waals surface area contributed by atoms with Crippen molar-refractivity contribution >= 4 is 21.1 Å². The predicted molar refractivity (Wildman–Crippen MR) is 74.6 cm³/mol. The Balaban J connectivity index is 2.25. The summed E-state index contributed by atoms with van der Waals surface area (Å²) in [6.45, 7) is 0. The van der Waals surface area contributed by atoms with Crippen LogP contribution in [0.2, 0.25) is 0 Å². The van der Waals surface area contributed by atoms with Crippen molar-refractivity contribution in [1.29, 1.82) is 0 Å². The molecule has 0 spiro atoms. The number of fused-ring (bicyclic) bond motifs is 1. The highest BCUT2D eigenvalue weighted by molar-refractivity contribution is 7.89. The number of hydrogen-bond donors (Lipinski definition) is 1. The highest BCUT2D eigenvalue weighted by Crippen LogP contribution is 2.30. The number of aromatic nitrogens is 4. The van der Waals surface area contributed by atoms with Crippen LogP contribution in [0.5, 0.6) is 0 Å². The Kier molecular flexibility index (Phi) is 3.23. The predicted octanol–water partition coefficient (Wildman–Crippen LogP) is 1.56. The van der Waals surface area contributed by atoms with E-state index in [2.05, 4.69) is 10.1 Å². The molecule has 11 heteroatoms. The molecule has 0 fully saturated rings. The first-order valence-corrected chi connectivity index (χ1v) is 7.74. The second-order valence-corrected chi connectivity index (χ2v) is 6.35. The van der Waals surface area contributed by atoms with Crippen LogP contribution in [0.3, 0.4) is 0 Å². The van der Waals surface area contributed by atoms with E-state index < -0.39 is 16.3 Å². The highest BCUT2D eigenvalue weighted by Gasteiger charge is 2.35. The summed E-state index contributed by atoms with van der Waals surface area (Å²) in [5.74, 6) is 0.00129. The Bertz CT molecular complexity index is 1000. The molecule has 0 radical (unpaired) electrons. The SMILES string of the molecule is Cn1c(-c2ccnn2C(F)(F)F)nc2cc(S(N)(=O)=O)ccc21. The number of benzene rings is 1. The molecule has 7 nitrogen and oxygen atoms in total. The average molecular weight is 345 g/mol. The summed E-state index contributed by atoms with van der Waals surface area (Å²) in [7, 11) is -2.41. The molecule has 122 valence electrons.